The number of nitrogens with one attached hydrogen (secondary N) is 1. The van der Waals surface area contributed by atoms with Gasteiger partial charge in [-0.15, -0.1) is 10.2 Å². The number of benzene rings is 1. The fourth-order valence-electron chi connectivity index (χ4n) is 2.05. The highest BCUT2D eigenvalue weighted by Gasteiger charge is 2.12. The summed E-state index contributed by atoms with van der Waals surface area (Å²) in [6.45, 7) is 3.95. The van der Waals surface area contributed by atoms with E-state index >= 15 is 0 Å². The Balaban J connectivity index is 1.82. The fourth-order valence-corrected chi connectivity index (χ4v) is 2.65. The first-order valence-corrected chi connectivity index (χ1v) is 6.97. The third-order valence-electron chi connectivity index (χ3n) is 2.92. The zero-order valence-electron chi connectivity index (χ0n) is 11.1. The Kier molecular flexibility index (Phi) is 3.19. The molecule has 2 heterocycles. The molecule has 0 spiro atoms. The number of anilines is 1. The summed E-state index contributed by atoms with van der Waals surface area (Å²) in [5.41, 5.74) is 1.85. The van der Waals surface area contributed by atoms with Crippen molar-refractivity contribution in [3.63, 3.8) is 0 Å². The lowest BCUT2D eigenvalue weighted by Gasteiger charge is -2.06. The van der Waals surface area contributed by atoms with E-state index in [1.54, 1.807) is 0 Å². The van der Waals surface area contributed by atoms with Gasteiger partial charge >= 0.3 is 0 Å². The number of aryl methyl sites for hydroxylation is 2. The fraction of sp³-hybridized carbons (Fsp3) is 0.231. The van der Waals surface area contributed by atoms with Gasteiger partial charge in [-0.25, -0.2) is 4.98 Å². The highest BCUT2D eigenvalue weighted by atomic mass is 32.1. The highest BCUT2D eigenvalue weighted by molar-refractivity contribution is 7.15. The van der Waals surface area contributed by atoms with E-state index in [9.17, 15) is 4.79 Å². The van der Waals surface area contributed by atoms with Crippen molar-refractivity contribution in [2.75, 3.05) is 5.32 Å². The molecule has 1 aromatic carbocycles. The first-order chi connectivity index (χ1) is 9.63. The van der Waals surface area contributed by atoms with E-state index in [0.717, 1.165) is 21.9 Å². The summed E-state index contributed by atoms with van der Waals surface area (Å²) in [5.74, 6) is 0.683. The molecule has 0 unspecified atom stereocenters. The van der Waals surface area contributed by atoms with Crippen molar-refractivity contribution in [2.45, 2.75) is 20.4 Å². The Labute approximate surface area is 119 Å². The van der Waals surface area contributed by atoms with Crippen LogP contribution < -0.4 is 5.32 Å². The number of imidazole rings is 1. The number of hydrogen-bond donors (Lipinski definition) is 1. The van der Waals surface area contributed by atoms with Crippen LogP contribution in [-0.4, -0.2) is 25.7 Å². The lowest BCUT2D eigenvalue weighted by atomic mass is 10.3. The van der Waals surface area contributed by atoms with Gasteiger partial charge in [0.15, 0.2) is 0 Å². The van der Waals surface area contributed by atoms with Crippen LogP contribution in [0.15, 0.2) is 24.3 Å². The van der Waals surface area contributed by atoms with E-state index in [4.69, 9.17) is 0 Å². The van der Waals surface area contributed by atoms with Crippen LogP contribution in [0, 0.1) is 13.8 Å². The Hall–Kier alpha value is -2.28. The SMILES string of the molecule is Cc1nnc(NC(=O)Cn2c(C)nc3ccccc32)s1. The Morgan fingerprint density at radius 3 is 2.85 bits per heavy atom. The molecule has 0 fully saturated rings. The molecule has 0 atom stereocenters. The topological polar surface area (TPSA) is 72.7 Å². The molecule has 102 valence electrons. The summed E-state index contributed by atoms with van der Waals surface area (Å²) >= 11 is 1.36. The summed E-state index contributed by atoms with van der Waals surface area (Å²) in [5, 5.41) is 11.8. The molecule has 0 aliphatic carbocycles. The number of aromatic nitrogens is 4. The molecule has 20 heavy (non-hydrogen) atoms. The molecule has 1 amide bonds. The van der Waals surface area contributed by atoms with Gasteiger partial charge in [-0.05, 0) is 26.0 Å². The number of fused-ring (bicyclic) bond motifs is 1. The van der Waals surface area contributed by atoms with Gasteiger partial charge in [0.05, 0.1) is 11.0 Å². The van der Waals surface area contributed by atoms with Gasteiger partial charge in [-0.2, -0.15) is 0 Å². The van der Waals surface area contributed by atoms with Crippen LogP contribution in [0.5, 0.6) is 0 Å². The second kappa shape index (κ2) is 5.01. The standard InChI is InChI=1S/C13H13N5OS/c1-8-14-10-5-3-4-6-11(10)18(8)7-12(19)15-13-17-16-9(2)20-13/h3-6H,7H2,1-2H3,(H,15,17,19). The van der Waals surface area contributed by atoms with Crippen LogP contribution in [0.4, 0.5) is 5.13 Å². The lowest BCUT2D eigenvalue weighted by molar-refractivity contribution is -0.116. The van der Waals surface area contributed by atoms with Gasteiger partial charge in [0.1, 0.15) is 17.4 Å². The zero-order valence-corrected chi connectivity index (χ0v) is 11.9. The second-order valence-electron chi connectivity index (χ2n) is 4.41. The van der Waals surface area contributed by atoms with Crippen molar-refractivity contribution in [1.82, 2.24) is 19.7 Å². The van der Waals surface area contributed by atoms with E-state index in [1.807, 2.05) is 42.7 Å². The minimum atomic E-state index is -0.132. The van der Waals surface area contributed by atoms with E-state index in [2.05, 4.69) is 20.5 Å². The largest absolute Gasteiger partial charge is 0.319 e. The number of hydrogen-bond acceptors (Lipinski definition) is 5. The van der Waals surface area contributed by atoms with E-state index in [-0.39, 0.29) is 12.5 Å². The normalized spacial score (nSPS) is 10.9. The molecule has 3 aromatic rings. The van der Waals surface area contributed by atoms with Gasteiger partial charge in [0, 0.05) is 0 Å². The third-order valence-corrected chi connectivity index (χ3v) is 3.67. The molecule has 2 aromatic heterocycles. The van der Waals surface area contributed by atoms with Crippen LogP contribution in [0.25, 0.3) is 11.0 Å². The minimum Gasteiger partial charge on any atom is -0.319 e. The average molecular weight is 287 g/mol. The summed E-state index contributed by atoms with van der Waals surface area (Å²) in [6.07, 6.45) is 0. The van der Waals surface area contributed by atoms with Crippen LogP contribution in [0.2, 0.25) is 0 Å². The van der Waals surface area contributed by atoms with Crippen molar-refractivity contribution in [1.29, 1.82) is 0 Å². The first-order valence-electron chi connectivity index (χ1n) is 6.15. The molecule has 0 saturated heterocycles. The maximum atomic E-state index is 12.1. The number of carbonyl (C=O) groups excluding carboxylic acids is 1. The summed E-state index contributed by atoms with van der Waals surface area (Å²) in [7, 11) is 0. The number of carbonyl (C=O) groups is 1. The summed E-state index contributed by atoms with van der Waals surface area (Å²) in [6, 6.07) is 7.76. The first kappa shape index (κ1) is 12.7. The minimum absolute atomic E-state index is 0.132. The van der Waals surface area contributed by atoms with Crippen molar-refractivity contribution in [3.05, 3.63) is 35.1 Å². The van der Waals surface area contributed by atoms with Gasteiger partial charge in [-0.1, -0.05) is 23.5 Å². The van der Waals surface area contributed by atoms with Crippen LogP contribution in [-0.2, 0) is 11.3 Å². The van der Waals surface area contributed by atoms with Crippen LogP contribution >= 0.6 is 11.3 Å². The summed E-state index contributed by atoms with van der Waals surface area (Å²) < 4.78 is 1.89. The molecule has 1 N–H and O–H groups in total. The molecule has 0 aliphatic heterocycles. The lowest BCUT2D eigenvalue weighted by Crippen LogP contribution is -2.19. The van der Waals surface area contributed by atoms with Gasteiger partial charge in [-0.3, -0.25) is 10.1 Å². The predicted octanol–water partition coefficient (Wildman–Crippen LogP) is 2.14. The molecule has 0 saturated carbocycles. The smallest absolute Gasteiger partial charge is 0.246 e. The number of nitrogens with zero attached hydrogens (tertiary/aromatic N) is 4. The third kappa shape index (κ3) is 2.39. The van der Waals surface area contributed by atoms with Gasteiger partial charge in [0.2, 0.25) is 11.0 Å². The Bertz CT molecular complexity index is 776. The van der Waals surface area contributed by atoms with Gasteiger partial charge in [0.25, 0.3) is 0 Å². The average Bonchev–Trinajstić information content (AvgIpc) is 2.94. The highest BCUT2D eigenvalue weighted by Crippen LogP contribution is 2.17. The van der Waals surface area contributed by atoms with Crippen molar-refractivity contribution >= 4 is 33.4 Å². The van der Waals surface area contributed by atoms with Crippen LogP contribution in [0.3, 0.4) is 0 Å². The Morgan fingerprint density at radius 1 is 1.30 bits per heavy atom. The molecule has 0 aliphatic rings. The molecule has 7 heteroatoms. The molecule has 0 radical (unpaired) electrons. The quantitative estimate of drug-likeness (QED) is 0.801. The monoisotopic (exact) mass is 287 g/mol. The van der Waals surface area contributed by atoms with Crippen molar-refractivity contribution < 1.29 is 4.79 Å². The summed E-state index contributed by atoms with van der Waals surface area (Å²) in [4.78, 5) is 16.5. The number of amides is 1. The second-order valence-corrected chi connectivity index (χ2v) is 5.59. The number of para-hydroxylation sites is 2. The molecule has 3 rings (SSSR count). The van der Waals surface area contributed by atoms with E-state index < -0.39 is 0 Å². The maximum Gasteiger partial charge on any atom is 0.246 e. The molecule has 0 bridgehead atoms. The van der Waals surface area contributed by atoms with Crippen molar-refractivity contribution in [2.24, 2.45) is 0 Å². The van der Waals surface area contributed by atoms with Gasteiger partial charge < -0.3 is 4.57 Å². The molecular weight excluding hydrogens is 274 g/mol. The molecule has 6 nitrogen and oxygen atoms in total. The Morgan fingerprint density at radius 2 is 2.10 bits per heavy atom. The van der Waals surface area contributed by atoms with Crippen molar-refractivity contribution in [3.8, 4) is 0 Å². The van der Waals surface area contributed by atoms with Crippen LogP contribution in [0.1, 0.15) is 10.8 Å². The maximum absolute atomic E-state index is 12.1. The van der Waals surface area contributed by atoms with E-state index in [1.165, 1.54) is 11.3 Å². The predicted molar refractivity (Wildman–Crippen MR) is 77.7 cm³/mol. The number of rotatable bonds is 3. The van der Waals surface area contributed by atoms with E-state index in [0.29, 0.717) is 5.13 Å². The zero-order chi connectivity index (χ0) is 14.1. The molecular formula is C13H13N5OS.